The number of nitrogens with zero attached hydrogens (tertiary/aromatic N) is 1. The Bertz CT molecular complexity index is 453. The maximum absolute atomic E-state index is 13.0. The van der Waals surface area contributed by atoms with Gasteiger partial charge in [0.15, 0.2) is 0 Å². The average molecular weight is 306 g/mol. The molecule has 0 radical (unpaired) electrons. The number of nitrogens with one attached hydrogen (secondary N) is 1. The van der Waals surface area contributed by atoms with E-state index in [2.05, 4.69) is 5.32 Å². The first-order chi connectivity index (χ1) is 9.08. The average Bonchev–Trinajstić information content (AvgIpc) is 2.74. The molecule has 0 saturated carbocycles. The number of carbonyl (C=O) groups excluding carboxylic acids is 1. The molecule has 0 aromatic heterocycles. The minimum atomic E-state index is -0.712. The van der Waals surface area contributed by atoms with Gasteiger partial charge in [0.25, 0.3) is 0 Å². The maximum Gasteiger partial charge on any atom is 0.238 e. The summed E-state index contributed by atoms with van der Waals surface area (Å²) in [6.45, 7) is 1.54. The lowest BCUT2D eigenvalue weighted by Gasteiger charge is -2.22. The second-order valence-corrected chi connectivity index (χ2v) is 4.71. The van der Waals surface area contributed by atoms with Crippen LogP contribution in [0.2, 0.25) is 0 Å². The van der Waals surface area contributed by atoms with Crippen LogP contribution < -0.4 is 11.1 Å². The normalized spacial score (nSPS) is 18.6. The monoisotopic (exact) mass is 305 g/mol. The van der Waals surface area contributed by atoms with Crippen molar-refractivity contribution >= 4 is 24.0 Å². The van der Waals surface area contributed by atoms with Crippen LogP contribution in [0.15, 0.2) is 18.2 Å². The largest absolute Gasteiger partial charge is 0.329 e. The van der Waals surface area contributed by atoms with Gasteiger partial charge < -0.3 is 11.1 Å². The van der Waals surface area contributed by atoms with Crippen molar-refractivity contribution in [2.45, 2.75) is 18.9 Å². The maximum atomic E-state index is 13.0. The van der Waals surface area contributed by atoms with Crippen LogP contribution in [0.5, 0.6) is 0 Å². The summed E-state index contributed by atoms with van der Waals surface area (Å²) in [7, 11) is 0. The second-order valence-electron chi connectivity index (χ2n) is 4.71. The quantitative estimate of drug-likeness (QED) is 0.891. The van der Waals surface area contributed by atoms with Gasteiger partial charge in [0, 0.05) is 24.3 Å². The summed E-state index contributed by atoms with van der Waals surface area (Å²) < 4.78 is 26.0. The zero-order valence-corrected chi connectivity index (χ0v) is 11.8. The van der Waals surface area contributed by atoms with Crippen molar-refractivity contribution in [1.29, 1.82) is 0 Å². The van der Waals surface area contributed by atoms with Gasteiger partial charge in [-0.15, -0.1) is 12.4 Å². The molecule has 20 heavy (non-hydrogen) atoms. The molecule has 1 heterocycles. The van der Waals surface area contributed by atoms with Crippen LogP contribution in [0.1, 0.15) is 12.8 Å². The van der Waals surface area contributed by atoms with Gasteiger partial charge in [-0.05, 0) is 31.5 Å². The molecule has 1 aliphatic heterocycles. The first-order valence-electron chi connectivity index (χ1n) is 6.28. The van der Waals surface area contributed by atoms with E-state index >= 15 is 0 Å². The van der Waals surface area contributed by atoms with E-state index in [9.17, 15) is 13.6 Å². The van der Waals surface area contributed by atoms with Gasteiger partial charge in [0.1, 0.15) is 11.6 Å². The Morgan fingerprint density at radius 2 is 2.00 bits per heavy atom. The highest BCUT2D eigenvalue weighted by Crippen LogP contribution is 2.16. The first-order valence-corrected chi connectivity index (χ1v) is 6.28. The lowest BCUT2D eigenvalue weighted by atomic mass is 10.2. The van der Waals surface area contributed by atoms with Crippen LogP contribution in [0, 0.1) is 11.6 Å². The molecular weight excluding hydrogens is 288 g/mol. The van der Waals surface area contributed by atoms with E-state index in [1.54, 1.807) is 0 Å². The van der Waals surface area contributed by atoms with Crippen LogP contribution in [-0.4, -0.2) is 36.5 Å². The molecule has 4 nitrogen and oxygen atoms in total. The number of halogens is 3. The number of carbonyl (C=O) groups is 1. The molecule has 1 atom stereocenters. The van der Waals surface area contributed by atoms with Crippen molar-refractivity contribution in [3.05, 3.63) is 29.8 Å². The molecule has 1 saturated heterocycles. The number of hydrogen-bond donors (Lipinski definition) is 2. The molecule has 1 aliphatic rings. The van der Waals surface area contributed by atoms with Crippen molar-refractivity contribution in [1.82, 2.24) is 4.90 Å². The summed E-state index contributed by atoms with van der Waals surface area (Å²) in [5.74, 6) is -1.71. The number of rotatable bonds is 4. The smallest absolute Gasteiger partial charge is 0.238 e. The molecule has 1 unspecified atom stereocenters. The van der Waals surface area contributed by atoms with Crippen molar-refractivity contribution in [2.24, 2.45) is 5.73 Å². The predicted molar refractivity (Wildman–Crippen MR) is 75.9 cm³/mol. The third-order valence-corrected chi connectivity index (χ3v) is 3.26. The van der Waals surface area contributed by atoms with Crippen LogP contribution >= 0.6 is 12.4 Å². The molecule has 2 rings (SSSR count). The Morgan fingerprint density at radius 1 is 1.35 bits per heavy atom. The Morgan fingerprint density at radius 3 is 2.60 bits per heavy atom. The number of likely N-dealkylation sites (tertiary alicyclic amines) is 1. The minimum Gasteiger partial charge on any atom is -0.329 e. The summed E-state index contributed by atoms with van der Waals surface area (Å²) in [6, 6.07) is 3.16. The van der Waals surface area contributed by atoms with Crippen LogP contribution in [0.4, 0.5) is 14.5 Å². The van der Waals surface area contributed by atoms with E-state index in [1.807, 2.05) is 4.90 Å². The summed E-state index contributed by atoms with van der Waals surface area (Å²) in [6.07, 6.45) is 2.00. The second kappa shape index (κ2) is 7.52. The topological polar surface area (TPSA) is 58.4 Å². The molecule has 7 heteroatoms. The van der Waals surface area contributed by atoms with E-state index in [1.165, 1.54) is 0 Å². The molecule has 0 bridgehead atoms. The highest BCUT2D eigenvalue weighted by Gasteiger charge is 2.24. The third kappa shape index (κ3) is 4.40. The number of benzene rings is 1. The standard InChI is InChI=1S/C13H17F2N3O.ClH/c14-9-4-10(15)6-11(5-9)17-13(19)8-18-3-1-2-12(18)7-16;/h4-6,12H,1-3,7-8,16H2,(H,17,19);1H. The van der Waals surface area contributed by atoms with E-state index in [0.29, 0.717) is 6.54 Å². The zero-order chi connectivity index (χ0) is 13.8. The van der Waals surface area contributed by atoms with E-state index in [-0.39, 0.29) is 36.6 Å². The summed E-state index contributed by atoms with van der Waals surface area (Å²) in [4.78, 5) is 13.8. The lowest BCUT2D eigenvalue weighted by Crippen LogP contribution is -2.40. The van der Waals surface area contributed by atoms with Crippen LogP contribution in [0.3, 0.4) is 0 Å². The fraction of sp³-hybridized carbons (Fsp3) is 0.462. The highest BCUT2D eigenvalue weighted by atomic mass is 35.5. The van der Waals surface area contributed by atoms with Gasteiger partial charge in [-0.3, -0.25) is 9.69 Å². The highest BCUT2D eigenvalue weighted by molar-refractivity contribution is 5.92. The van der Waals surface area contributed by atoms with Crippen LogP contribution in [-0.2, 0) is 4.79 Å². The summed E-state index contributed by atoms with van der Waals surface area (Å²) >= 11 is 0. The number of amides is 1. The molecule has 1 amide bonds. The Hall–Kier alpha value is -1.24. The molecule has 1 fully saturated rings. The number of nitrogens with two attached hydrogens (primary N) is 1. The van der Waals surface area contributed by atoms with Crippen molar-refractivity contribution in [3.8, 4) is 0 Å². The van der Waals surface area contributed by atoms with E-state index in [0.717, 1.165) is 37.6 Å². The fourth-order valence-electron chi connectivity index (χ4n) is 2.38. The molecule has 3 N–H and O–H groups in total. The van der Waals surface area contributed by atoms with Crippen LogP contribution in [0.25, 0.3) is 0 Å². The summed E-state index contributed by atoms with van der Waals surface area (Å²) in [5.41, 5.74) is 5.75. The summed E-state index contributed by atoms with van der Waals surface area (Å²) in [5, 5.41) is 2.49. The first kappa shape index (κ1) is 16.8. The van der Waals surface area contributed by atoms with Crippen molar-refractivity contribution in [3.63, 3.8) is 0 Å². The molecule has 0 spiro atoms. The van der Waals surface area contributed by atoms with Gasteiger partial charge in [-0.2, -0.15) is 0 Å². The fourth-order valence-corrected chi connectivity index (χ4v) is 2.38. The van der Waals surface area contributed by atoms with E-state index < -0.39 is 11.6 Å². The predicted octanol–water partition coefficient (Wildman–Crippen LogP) is 1.75. The van der Waals surface area contributed by atoms with Gasteiger partial charge in [0.2, 0.25) is 5.91 Å². The van der Waals surface area contributed by atoms with Crippen molar-refractivity contribution < 1.29 is 13.6 Å². The SMILES string of the molecule is Cl.NCC1CCCN1CC(=O)Nc1cc(F)cc(F)c1. The molecule has 1 aromatic rings. The Balaban J connectivity index is 0.00000200. The Labute approximate surface area is 122 Å². The van der Waals surface area contributed by atoms with Crippen molar-refractivity contribution in [2.75, 3.05) is 25.0 Å². The number of hydrogen-bond acceptors (Lipinski definition) is 3. The molecule has 112 valence electrons. The third-order valence-electron chi connectivity index (χ3n) is 3.26. The number of anilines is 1. The van der Waals surface area contributed by atoms with Gasteiger partial charge in [-0.1, -0.05) is 0 Å². The van der Waals surface area contributed by atoms with Gasteiger partial charge in [0.05, 0.1) is 6.54 Å². The zero-order valence-electron chi connectivity index (χ0n) is 10.9. The van der Waals surface area contributed by atoms with E-state index in [4.69, 9.17) is 5.73 Å². The minimum absolute atomic E-state index is 0. The Kier molecular flexibility index (Phi) is 6.32. The molecular formula is C13H18ClF2N3O. The van der Waals surface area contributed by atoms with Gasteiger partial charge >= 0.3 is 0 Å². The molecule has 1 aromatic carbocycles. The molecule has 0 aliphatic carbocycles. The van der Waals surface area contributed by atoms with Gasteiger partial charge in [-0.25, -0.2) is 8.78 Å². The lowest BCUT2D eigenvalue weighted by molar-refractivity contribution is -0.117.